The number of aromatic nitrogens is 2. The summed E-state index contributed by atoms with van der Waals surface area (Å²) in [6.07, 6.45) is 5.84. The lowest BCUT2D eigenvalue weighted by molar-refractivity contribution is 0.190. The third-order valence-electron chi connectivity index (χ3n) is 5.09. The van der Waals surface area contributed by atoms with E-state index in [1.807, 2.05) is 21.8 Å². The van der Waals surface area contributed by atoms with Gasteiger partial charge in [0.25, 0.3) is 0 Å². The van der Waals surface area contributed by atoms with Crippen molar-refractivity contribution >= 4 is 6.03 Å². The summed E-state index contributed by atoms with van der Waals surface area (Å²) in [5.74, 6) is 0.339. The van der Waals surface area contributed by atoms with Crippen molar-refractivity contribution in [1.29, 1.82) is 0 Å². The lowest BCUT2D eigenvalue weighted by Crippen LogP contribution is -2.41. The van der Waals surface area contributed by atoms with Crippen molar-refractivity contribution in [3.8, 4) is 0 Å². The zero-order valence-corrected chi connectivity index (χ0v) is 15.4. The molecule has 1 aromatic carbocycles. The van der Waals surface area contributed by atoms with Gasteiger partial charge in [-0.15, -0.1) is 0 Å². The van der Waals surface area contributed by atoms with Crippen molar-refractivity contribution in [3.63, 3.8) is 0 Å². The molecular weight excluding hydrogens is 312 g/mol. The minimum absolute atomic E-state index is 0.0491. The van der Waals surface area contributed by atoms with Gasteiger partial charge in [-0.3, -0.25) is 4.68 Å². The molecule has 1 aromatic heterocycles. The number of carbonyl (C=O) groups is 1. The monoisotopic (exact) mass is 340 g/mol. The molecule has 0 bridgehead atoms. The van der Waals surface area contributed by atoms with Crippen molar-refractivity contribution in [2.45, 2.75) is 46.2 Å². The standard InChI is InChI=1S/C20H28N4O/c1-15(14-23-10-5-9-22-23)13-21-20(25)24-11-4-6-19(24)18-8-7-16(2)17(3)12-18/h5,7-10,12,15,19H,4,6,11,13-14H2,1-3H3,(H,21,25). The van der Waals surface area contributed by atoms with E-state index in [9.17, 15) is 4.79 Å². The summed E-state index contributed by atoms with van der Waals surface area (Å²) in [4.78, 5) is 14.7. The van der Waals surface area contributed by atoms with E-state index in [-0.39, 0.29) is 12.1 Å². The molecule has 2 unspecified atom stereocenters. The highest BCUT2D eigenvalue weighted by Crippen LogP contribution is 2.32. The number of hydrogen-bond acceptors (Lipinski definition) is 2. The van der Waals surface area contributed by atoms with Gasteiger partial charge >= 0.3 is 6.03 Å². The molecule has 1 aliphatic rings. The molecule has 5 nitrogen and oxygen atoms in total. The smallest absolute Gasteiger partial charge is 0.317 e. The van der Waals surface area contributed by atoms with Crippen LogP contribution < -0.4 is 5.32 Å². The summed E-state index contributed by atoms with van der Waals surface area (Å²) in [6.45, 7) is 8.70. The second kappa shape index (κ2) is 7.72. The first-order valence-corrected chi connectivity index (χ1v) is 9.13. The van der Waals surface area contributed by atoms with Gasteiger partial charge in [-0.05, 0) is 55.4 Å². The Bertz CT molecular complexity index is 710. The Kier molecular flexibility index (Phi) is 5.41. The van der Waals surface area contributed by atoms with Crippen LogP contribution in [0.4, 0.5) is 4.79 Å². The van der Waals surface area contributed by atoms with Crippen molar-refractivity contribution in [2.24, 2.45) is 5.92 Å². The summed E-state index contributed by atoms with van der Waals surface area (Å²) >= 11 is 0. The molecule has 2 heterocycles. The van der Waals surface area contributed by atoms with Crippen LogP contribution in [0.2, 0.25) is 0 Å². The first-order valence-electron chi connectivity index (χ1n) is 9.13. The van der Waals surface area contributed by atoms with Crippen LogP contribution in [-0.4, -0.2) is 33.8 Å². The number of rotatable bonds is 5. The molecule has 1 N–H and O–H groups in total. The van der Waals surface area contributed by atoms with E-state index >= 15 is 0 Å². The molecule has 1 saturated heterocycles. The number of nitrogens with one attached hydrogen (secondary N) is 1. The van der Waals surface area contributed by atoms with E-state index in [2.05, 4.69) is 49.4 Å². The summed E-state index contributed by atoms with van der Waals surface area (Å²) in [5, 5.41) is 7.33. The van der Waals surface area contributed by atoms with Gasteiger partial charge < -0.3 is 10.2 Å². The molecule has 2 amide bonds. The highest BCUT2D eigenvalue weighted by Gasteiger charge is 2.30. The Morgan fingerprint density at radius 2 is 2.20 bits per heavy atom. The Balaban J connectivity index is 1.57. The number of benzene rings is 1. The maximum Gasteiger partial charge on any atom is 0.317 e. The van der Waals surface area contributed by atoms with Crippen LogP contribution in [0.5, 0.6) is 0 Å². The maximum absolute atomic E-state index is 12.7. The molecule has 2 atom stereocenters. The van der Waals surface area contributed by atoms with Crippen molar-refractivity contribution in [2.75, 3.05) is 13.1 Å². The van der Waals surface area contributed by atoms with Crippen LogP contribution in [0.25, 0.3) is 0 Å². The maximum atomic E-state index is 12.7. The number of aryl methyl sites for hydroxylation is 2. The highest BCUT2D eigenvalue weighted by atomic mass is 16.2. The summed E-state index contributed by atoms with van der Waals surface area (Å²) < 4.78 is 1.91. The van der Waals surface area contributed by atoms with Crippen molar-refractivity contribution in [3.05, 3.63) is 53.3 Å². The SMILES string of the molecule is Cc1ccc(C2CCCN2C(=O)NCC(C)Cn2cccn2)cc1C. The third kappa shape index (κ3) is 4.21. The third-order valence-corrected chi connectivity index (χ3v) is 5.09. The molecule has 3 rings (SSSR count). The zero-order chi connectivity index (χ0) is 17.8. The fourth-order valence-electron chi connectivity index (χ4n) is 3.48. The van der Waals surface area contributed by atoms with Gasteiger partial charge in [-0.2, -0.15) is 5.10 Å². The summed E-state index contributed by atoms with van der Waals surface area (Å²) in [5.41, 5.74) is 3.84. The molecule has 0 aliphatic carbocycles. The topological polar surface area (TPSA) is 50.2 Å². The number of hydrogen-bond donors (Lipinski definition) is 1. The molecule has 5 heteroatoms. The zero-order valence-electron chi connectivity index (χ0n) is 15.4. The van der Waals surface area contributed by atoms with Gasteiger partial charge in [0.15, 0.2) is 0 Å². The van der Waals surface area contributed by atoms with Gasteiger partial charge in [0.1, 0.15) is 0 Å². The molecule has 0 spiro atoms. The quantitative estimate of drug-likeness (QED) is 0.902. The van der Waals surface area contributed by atoms with E-state index in [4.69, 9.17) is 0 Å². The second-order valence-corrected chi connectivity index (χ2v) is 7.21. The molecule has 1 aliphatic heterocycles. The minimum Gasteiger partial charge on any atom is -0.338 e. The Morgan fingerprint density at radius 3 is 2.92 bits per heavy atom. The Hall–Kier alpha value is -2.30. The van der Waals surface area contributed by atoms with E-state index in [0.29, 0.717) is 12.5 Å². The van der Waals surface area contributed by atoms with Crippen LogP contribution in [0, 0.1) is 19.8 Å². The summed E-state index contributed by atoms with van der Waals surface area (Å²) in [7, 11) is 0. The van der Waals surface area contributed by atoms with E-state index in [1.54, 1.807) is 6.20 Å². The van der Waals surface area contributed by atoms with Gasteiger partial charge in [0, 0.05) is 32.0 Å². The number of carbonyl (C=O) groups excluding carboxylic acids is 1. The predicted molar refractivity (Wildman–Crippen MR) is 99.4 cm³/mol. The average Bonchev–Trinajstić information content (AvgIpc) is 3.26. The normalized spacial score (nSPS) is 18.4. The Labute approximate surface area is 150 Å². The second-order valence-electron chi connectivity index (χ2n) is 7.21. The Morgan fingerprint density at radius 1 is 1.36 bits per heavy atom. The number of amides is 2. The fraction of sp³-hybridized carbons (Fsp3) is 0.500. The van der Waals surface area contributed by atoms with Crippen LogP contribution in [0.15, 0.2) is 36.7 Å². The number of urea groups is 1. The predicted octanol–water partition coefficient (Wildman–Crippen LogP) is 3.68. The fourth-order valence-corrected chi connectivity index (χ4v) is 3.48. The van der Waals surface area contributed by atoms with Gasteiger partial charge in [0.05, 0.1) is 6.04 Å². The van der Waals surface area contributed by atoms with E-state index < -0.39 is 0 Å². The first-order chi connectivity index (χ1) is 12.0. The first kappa shape index (κ1) is 17.5. The molecular formula is C20H28N4O. The van der Waals surface area contributed by atoms with E-state index in [0.717, 1.165) is 25.9 Å². The van der Waals surface area contributed by atoms with Crippen LogP contribution in [0.1, 0.15) is 42.5 Å². The van der Waals surface area contributed by atoms with Crippen molar-refractivity contribution < 1.29 is 4.79 Å². The average molecular weight is 340 g/mol. The number of likely N-dealkylation sites (tertiary alicyclic amines) is 1. The molecule has 25 heavy (non-hydrogen) atoms. The molecule has 134 valence electrons. The lowest BCUT2D eigenvalue weighted by Gasteiger charge is -2.26. The largest absolute Gasteiger partial charge is 0.338 e. The van der Waals surface area contributed by atoms with Gasteiger partial charge in [-0.1, -0.05) is 25.1 Å². The van der Waals surface area contributed by atoms with Crippen LogP contribution >= 0.6 is 0 Å². The van der Waals surface area contributed by atoms with Gasteiger partial charge in [-0.25, -0.2) is 4.79 Å². The van der Waals surface area contributed by atoms with Gasteiger partial charge in [0.2, 0.25) is 0 Å². The highest BCUT2D eigenvalue weighted by molar-refractivity contribution is 5.75. The minimum atomic E-state index is 0.0491. The lowest BCUT2D eigenvalue weighted by atomic mass is 9.99. The molecule has 1 fully saturated rings. The summed E-state index contributed by atoms with van der Waals surface area (Å²) in [6, 6.07) is 8.72. The molecule has 0 saturated carbocycles. The van der Waals surface area contributed by atoms with Crippen LogP contribution in [-0.2, 0) is 6.54 Å². The number of nitrogens with zero attached hydrogens (tertiary/aromatic N) is 3. The van der Waals surface area contributed by atoms with Crippen molar-refractivity contribution in [1.82, 2.24) is 20.0 Å². The van der Waals surface area contributed by atoms with E-state index in [1.165, 1.54) is 16.7 Å². The molecule has 0 radical (unpaired) electrons. The van der Waals surface area contributed by atoms with Crippen LogP contribution in [0.3, 0.4) is 0 Å². The molecule has 2 aromatic rings.